The van der Waals surface area contributed by atoms with Crippen LogP contribution in [0.2, 0.25) is 0 Å². The normalized spacial score (nSPS) is 12.2. The third-order valence-corrected chi connectivity index (χ3v) is 5.66. The Hall–Kier alpha value is -1.63. The van der Waals surface area contributed by atoms with Crippen LogP contribution in [0.4, 0.5) is 5.82 Å². The van der Waals surface area contributed by atoms with E-state index in [1.54, 1.807) is 0 Å². The number of rotatable bonds is 9. The summed E-state index contributed by atoms with van der Waals surface area (Å²) in [5.74, 6) is 1.81. The van der Waals surface area contributed by atoms with Gasteiger partial charge < -0.3 is 10.3 Å². The van der Waals surface area contributed by atoms with Crippen molar-refractivity contribution in [3.05, 3.63) is 17.1 Å². The SMILES string of the molecule is CCCCc1nc2c(N)nc(C)c(C)c2n1CCCCCS(C)(=O)=O. The summed E-state index contributed by atoms with van der Waals surface area (Å²) in [6, 6.07) is 0. The van der Waals surface area contributed by atoms with E-state index in [0.717, 1.165) is 66.8 Å². The summed E-state index contributed by atoms with van der Waals surface area (Å²) >= 11 is 0. The number of aromatic nitrogens is 3. The molecule has 0 radical (unpaired) electrons. The molecule has 0 unspecified atom stereocenters. The Bertz CT molecular complexity index is 841. The highest BCUT2D eigenvalue weighted by atomic mass is 32.2. The first-order valence-corrected chi connectivity index (χ1v) is 11.1. The van der Waals surface area contributed by atoms with Gasteiger partial charge in [-0.25, -0.2) is 18.4 Å². The second-order valence-corrected chi connectivity index (χ2v) is 9.14. The van der Waals surface area contributed by atoms with Crippen molar-refractivity contribution >= 4 is 26.7 Å². The van der Waals surface area contributed by atoms with Crippen LogP contribution in [-0.2, 0) is 22.8 Å². The number of nitrogen functional groups attached to an aromatic ring is 1. The molecule has 0 aromatic carbocycles. The van der Waals surface area contributed by atoms with Crippen LogP contribution in [0.25, 0.3) is 11.0 Å². The molecule has 25 heavy (non-hydrogen) atoms. The molecule has 0 spiro atoms. The number of nitrogens with zero attached hydrogens (tertiary/aromatic N) is 3. The molecular weight excluding hydrogens is 336 g/mol. The molecule has 2 rings (SSSR count). The summed E-state index contributed by atoms with van der Waals surface area (Å²) in [5.41, 5.74) is 10.0. The molecule has 0 aliphatic carbocycles. The van der Waals surface area contributed by atoms with Crippen LogP contribution in [0.1, 0.15) is 56.1 Å². The smallest absolute Gasteiger partial charge is 0.151 e. The molecule has 0 aliphatic rings. The lowest BCUT2D eigenvalue weighted by Crippen LogP contribution is -2.07. The van der Waals surface area contributed by atoms with Crippen LogP contribution in [0, 0.1) is 13.8 Å². The van der Waals surface area contributed by atoms with Crippen LogP contribution in [0.15, 0.2) is 0 Å². The fraction of sp³-hybridized carbons (Fsp3) is 0.667. The number of hydrogen-bond acceptors (Lipinski definition) is 5. The molecule has 2 aromatic rings. The molecule has 7 heteroatoms. The first kappa shape index (κ1) is 19.7. The second-order valence-electron chi connectivity index (χ2n) is 6.88. The predicted octanol–water partition coefficient (Wildman–Crippen LogP) is 3.19. The highest BCUT2D eigenvalue weighted by Gasteiger charge is 2.17. The third kappa shape index (κ3) is 4.93. The predicted molar refractivity (Wildman–Crippen MR) is 104 cm³/mol. The minimum absolute atomic E-state index is 0.259. The lowest BCUT2D eigenvalue weighted by Gasteiger charge is -2.11. The van der Waals surface area contributed by atoms with Gasteiger partial charge in [-0.05, 0) is 38.7 Å². The van der Waals surface area contributed by atoms with E-state index in [4.69, 9.17) is 10.7 Å². The molecule has 0 atom stereocenters. The number of imidazole rings is 1. The van der Waals surface area contributed by atoms with Gasteiger partial charge in [0.25, 0.3) is 0 Å². The van der Waals surface area contributed by atoms with Gasteiger partial charge in [-0.1, -0.05) is 19.8 Å². The molecule has 0 aliphatic heterocycles. The number of anilines is 1. The number of aryl methyl sites for hydroxylation is 4. The van der Waals surface area contributed by atoms with E-state index in [2.05, 4.69) is 23.4 Å². The Morgan fingerprint density at radius 2 is 1.80 bits per heavy atom. The molecule has 6 nitrogen and oxygen atoms in total. The number of hydrogen-bond donors (Lipinski definition) is 1. The van der Waals surface area contributed by atoms with Crippen molar-refractivity contribution in [2.75, 3.05) is 17.7 Å². The zero-order chi connectivity index (χ0) is 18.6. The maximum Gasteiger partial charge on any atom is 0.151 e. The van der Waals surface area contributed by atoms with Crippen molar-refractivity contribution in [1.82, 2.24) is 14.5 Å². The van der Waals surface area contributed by atoms with E-state index in [1.165, 1.54) is 6.26 Å². The zero-order valence-electron chi connectivity index (χ0n) is 15.8. The van der Waals surface area contributed by atoms with Gasteiger partial charge in [-0.3, -0.25) is 0 Å². The first-order chi connectivity index (χ1) is 11.7. The highest BCUT2D eigenvalue weighted by Crippen LogP contribution is 2.27. The van der Waals surface area contributed by atoms with Crippen molar-refractivity contribution < 1.29 is 8.42 Å². The fourth-order valence-electron chi connectivity index (χ4n) is 3.12. The van der Waals surface area contributed by atoms with E-state index in [0.29, 0.717) is 12.2 Å². The maximum atomic E-state index is 11.3. The number of pyridine rings is 1. The Balaban J connectivity index is 2.25. The summed E-state index contributed by atoms with van der Waals surface area (Å²) in [7, 11) is -2.88. The van der Waals surface area contributed by atoms with Crippen molar-refractivity contribution in [2.45, 2.75) is 65.8 Å². The van der Waals surface area contributed by atoms with Crippen LogP contribution in [0.3, 0.4) is 0 Å². The molecule has 2 aromatic heterocycles. The summed E-state index contributed by atoms with van der Waals surface area (Å²) in [6.45, 7) is 7.04. The molecule has 0 fully saturated rings. The molecule has 0 saturated heterocycles. The monoisotopic (exact) mass is 366 g/mol. The lowest BCUT2D eigenvalue weighted by molar-refractivity contribution is 0.572. The van der Waals surface area contributed by atoms with Gasteiger partial charge in [0.15, 0.2) is 5.82 Å². The van der Waals surface area contributed by atoms with Gasteiger partial charge in [0.05, 0.1) is 5.52 Å². The fourth-order valence-corrected chi connectivity index (χ4v) is 3.85. The van der Waals surface area contributed by atoms with Crippen molar-refractivity contribution in [3.8, 4) is 0 Å². The minimum atomic E-state index is -2.88. The molecule has 0 amide bonds. The number of sulfone groups is 1. The van der Waals surface area contributed by atoms with E-state index in [-0.39, 0.29) is 5.75 Å². The number of fused-ring (bicyclic) bond motifs is 1. The highest BCUT2D eigenvalue weighted by molar-refractivity contribution is 7.90. The largest absolute Gasteiger partial charge is 0.382 e. The summed E-state index contributed by atoms with van der Waals surface area (Å²) in [6.07, 6.45) is 6.94. The maximum absolute atomic E-state index is 11.3. The van der Waals surface area contributed by atoms with Gasteiger partial charge >= 0.3 is 0 Å². The first-order valence-electron chi connectivity index (χ1n) is 9.04. The third-order valence-electron chi connectivity index (χ3n) is 4.63. The Morgan fingerprint density at radius 3 is 2.44 bits per heavy atom. The van der Waals surface area contributed by atoms with Gasteiger partial charge in [0.2, 0.25) is 0 Å². The van der Waals surface area contributed by atoms with E-state index in [9.17, 15) is 8.42 Å². The summed E-state index contributed by atoms with van der Waals surface area (Å²) < 4.78 is 24.8. The quantitative estimate of drug-likeness (QED) is 0.688. The molecule has 140 valence electrons. The van der Waals surface area contributed by atoms with Crippen molar-refractivity contribution in [3.63, 3.8) is 0 Å². The van der Waals surface area contributed by atoms with Gasteiger partial charge in [0, 0.05) is 30.7 Å². The molecular formula is C18H30N4O2S. The number of unbranched alkanes of at least 4 members (excludes halogenated alkanes) is 3. The lowest BCUT2D eigenvalue weighted by atomic mass is 10.1. The Kier molecular flexibility index (Phi) is 6.43. The standard InChI is InChI=1S/C18H30N4O2S/c1-5-6-10-15-21-16-17(13(2)14(3)20-18(16)19)22(15)11-8-7-9-12-25(4,23)24/h5-12H2,1-4H3,(H2,19,20). The topological polar surface area (TPSA) is 90.9 Å². The zero-order valence-corrected chi connectivity index (χ0v) is 16.6. The summed E-state index contributed by atoms with van der Waals surface area (Å²) in [4.78, 5) is 9.18. The van der Waals surface area contributed by atoms with Crippen LogP contribution < -0.4 is 5.73 Å². The van der Waals surface area contributed by atoms with E-state index < -0.39 is 9.84 Å². The summed E-state index contributed by atoms with van der Waals surface area (Å²) in [5, 5.41) is 0. The molecule has 0 bridgehead atoms. The molecule has 0 saturated carbocycles. The Labute approximate surface area is 150 Å². The van der Waals surface area contributed by atoms with Crippen LogP contribution in [0.5, 0.6) is 0 Å². The average molecular weight is 367 g/mol. The van der Waals surface area contributed by atoms with Crippen LogP contribution in [-0.4, -0.2) is 35.0 Å². The van der Waals surface area contributed by atoms with Gasteiger partial charge in [-0.15, -0.1) is 0 Å². The number of nitrogens with two attached hydrogens (primary N) is 1. The van der Waals surface area contributed by atoms with Crippen LogP contribution >= 0.6 is 0 Å². The van der Waals surface area contributed by atoms with Crippen molar-refractivity contribution in [2.24, 2.45) is 0 Å². The molecule has 2 N–H and O–H groups in total. The van der Waals surface area contributed by atoms with Crippen molar-refractivity contribution in [1.29, 1.82) is 0 Å². The van der Waals surface area contributed by atoms with E-state index >= 15 is 0 Å². The average Bonchev–Trinajstić information content (AvgIpc) is 2.88. The minimum Gasteiger partial charge on any atom is -0.382 e. The second kappa shape index (κ2) is 8.17. The van der Waals surface area contributed by atoms with E-state index in [1.807, 2.05) is 6.92 Å². The van der Waals surface area contributed by atoms with Gasteiger partial charge in [0.1, 0.15) is 21.2 Å². The Morgan fingerprint density at radius 1 is 1.08 bits per heavy atom. The molecule has 2 heterocycles. The van der Waals surface area contributed by atoms with Gasteiger partial charge in [-0.2, -0.15) is 0 Å².